The standard InChI is InChI=1S/C17H31ClN4O5S/c1-11-4-5-12(8-15(11)28(26,27)21(2)3)20-16(24)10-22-17(25)13(6-7-23)14(18)9-19-22/h11-15,19,23H,4-10H2,1-3H3,(H,20,24). The molecule has 0 spiro atoms. The molecule has 2 amide bonds. The lowest BCUT2D eigenvalue weighted by Gasteiger charge is -2.37. The van der Waals surface area contributed by atoms with E-state index in [2.05, 4.69) is 10.7 Å². The van der Waals surface area contributed by atoms with Gasteiger partial charge in [0.2, 0.25) is 21.8 Å². The van der Waals surface area contributed by atoms with Crippen LogP contribution < -0.4 is 10.7 Å². The maximum atomic E-state index is 12.5. The summed E-state index contributed by atoms with van der Waals surface area (Å²) in [5.41, 5.74) is 2.84. The van der Waals surface area contributed by atoms with Gasteiger partial charge in [0, 0.05) is 33.3 Å². The molecule has 1 saturated heterocycles. The highest BCUT2D eigenvalue weighted by Crippen LogP contribution is 2.30. The minimum atomic E-state index is -3.41. The topological polar surface area (TPSA) is 119 Å². The van der Waals surface area contributed by atoms with Crippen molar-refractivity contribution in [1.29, 1.82) is 0 Å². The minimum absolute atomic E-state index is 0.0192. The largest absolute Gasteiger partial charge is 0.396 e. The van der Waals surface area contributed by atoms with Gasteiger partial charge in [0.25, 0.3) is 0 Å². The molecular weight excluding hydrogens is 408 g/mol. The van der Waals surface area contributed by atoms with Gasteiger partial charge in [-0.2, -0.15) is 0 Å². The fourth-order valence-electron chi connectivity index (χ4n) is 3.86. The van der Waals surface area contributed by atoms with Crippen LogP contribution in [0, 0.1) is 11.8 Å². The minimum Gasteiger partial charge on any atom is -0.396 e. The molecule has 0 bridgehead atoms. The zero-order valence-corrected chi connectivity index (χ0v) is 18.2. The molecule has 2 aliphatic rings. The Balaban J connectivity index is 1.95. The summed E-state index contributed by atoms with van der Waals surface area (Å²) in [4.78, 5) is 24.9. The smallest absolute Gasteiger partial charge is 0.241 e. The van der Waals surface area contributed by atoms with E-state index in [1.807, 2.05) is 6.92 Å². The Morgan fingerprint density at radius 1 is 1.39 bits per heavy atom. The third kappa shape index (κ3) is 5.35. The molecule has 1 saturated carbocycles. The summed E-state index contributed by atoms with van der Waals surface area (Å²) in [5.74, 6) is -1.19. The quantitative estimate of drug-likeness (QED) is 0.461. The van der Waals surface area contributed by atoms with Gasteiger partial charge in [-0.25, -0.2) is 18.1 Å². The van der Waals surface area contributed by atoms with Crippen molar-refractivity contribution < 1.29 is 23.1 Å². The number of hydrogen-bond acceptors (Lipinski definition) is 6. The number of rotatable bonds is 7. The summed E-state index contributed by atoms with van der Waals surface area (Å²) in [6.07, 6.45) is 2.00. The van der Waals surface area contributed by atoms with Crippen molar-refractivity contribution in [1.82, 2.24) is 20.1 Å². The van der Waals surface area contributed by atoms with Gasteiger partial charge < -0.3 is 10.4 Å². The number of halogens is 1. The highest BCUT2D eigenvalue weighted by atomic mass is 35.5. The van der Waals surface area contributed by atoms with Crippen LogP contribution in [0.3, 0.4) is 0 Å². The number of aliphatic hydroxyl groups excluding tert-OH is 1. The Morgan fingerprint density at radius 3 is 2.68 bits per heavy atom. The molecule has 0 radical (unpaired) electrons. The summed E-state index contributed by atoms with van der Waals surface area (Å²) in [5, 5.41) is 12.2. The summed E-state index contributed by atoms with van der Waals surface area (Å²) >= 11 is 6.13. The molecule has 2 rings (SSSR count). The number of nitrogens with zero attached hydrogens (tertiary/aromatic N) is 2. The number of alkyl halides is 1. The summed E-state index contributed by atoms with van der Waals surface area (Å²) in [7, 11) is -0.369. The van der Waals surface area contributed by atoms with Crippen molar-refractivity contribution in [2.75, 3.05) is 33.8 Å². The molecule has 0 aromatic heterocycles. The van der Waals surface area contributed by atoms with Gasteiger partial charge in [-0.3, -0.25) is 14.6 Å². The number of hydrogen-bond donors (Lipinski definition) is 3. The van der Waals surface area contributed by atoms with Crippen molar-refractivity contribution in [2.45, 2.75) is 49.3 Å². The molecule has 162 valence electrons. The van der Waals surface area contributed by atoms with Crippen LogP contribution in [0.15, 0.2) is 0 Å². The van der Waals surface area contributed by atoms with E-state index in [-0.39, 0.29) is 43.3 Å². The molecule has 5 atom stereocenters. The second-order valence-electron chi connectivity index (χ2n) is 7.84. The number of hydrazine groups is 1. The fourth-order valence-corrected chi connectivity index (χ4v) is 5.91. The third-order valence-electron chi connectivity index (χ3n) is 5.62. The average molecular weight is 439 g/mol. The SMILES string of the molecule is CC1CCC(NC(=O)CN2NCC(Cl)C(CCO)C2=O)CC1S(=O)(=O)N(C)C. The molecule has 1 aliphatic heterocycles. The van der Waals surface area contributed by atoms with Crippen LogP contribution >= 0.6 is 11.6 Å². The molecule has 1 aliphatic carbocycles. The zero-order chi connectivity index (χ0) is 21.1. The second kappa shape index (κ2) is 9.71. The van der Waals surface area contributed by atoms with Crippen LogP contribution in [-0.2, 0) is 19.6 Å². The van der Waals surface area contributed by atoms with Crippen LogP contribution in [0.1, 0.15) is 32.6 Å². The molecule has 3 N–H and O–H groups in total. The van der Waals surface area contributed by atoms with Crippen molar-refractivity contribution >= 4 is 33.4 Å². The Kier molecular flexibility index (Phi) is 8.09. The summed E-state index contributed by atoms with van der Waals surface area (Å²) < 4.78 is 26.3. The van der Waals surface area contributed by atoms with Crippen LogP contribution in [-0.4, -0.2) is 85.1 Å². The lowest BCUT2D eigenvalue weighted by Crippen LogP contribution is -2.59. The second-order valence-corrected chi connectivity index (χ2v) is 10.8. The Bertz CT molecular complexity index is 674. The van der Waals surface area contributed by atoms with E-state index < -0.39 is 26.6 Å². The van der Waals surface area contributed by atoms with Crippen LogP contribution in [0.5, 0.6) is 0 Å². The number of nitrogens with one attached hydrogen (secondary N) is 2. The number of carbonyl (C=O) groups excluding carboxylic acids is 2. The van der Waals surface area contributed by atoms with Gasteiger partial charge in [-0.1, -0.05) is 6.92 Å². The van der Waals surface area contributed by atoms with Crippen LogP contribution in [0.25, 0.3) is 0 Å². The lowest BCUT2D eigenvalue weighted by molar-refractivity contribution is -0.146. The van der Waals surface area contributed by atoms with E-state index in [1.165, 1.54) is 23.4 Å². The van der Waals surface area contributed by atoms with Crippen molar-refractivity contribution in [3.63, 3.8) is 0 Å². The number of carbonyl (C=O) groups is 2. The lowest BCUT2D eigenvalue weighted by atomic mass is 9.87. The summed E-state index contributed by atoms with van der Waals surface area (Å²) in [6, 6.07) is -0.252. The fraction of sp³-hybridized carbons (Fsp3) is 0.882. The average Bonchev–Trinajstić information content (AvgIpc) is 2.62. The first kappa shape index (κ1) is 23.3. The van der Waals surface area contributed by atoms with E-state index in [0.29, 0.717) is 25.8 Å². The predicted molar refractivity (Wildman–Crippen MR) is 106 cm³/mol. The van der Waals surface area contributed by atoms with Crippen LogP contribution in [0.2, 0.25) is 0 Å². The third-order valence-corrected chi connectivity index (χ3v) is 8.52. The molecule has 2 fully saturated rings. The Morgan fingerprint density at radius 2 is 2.07 bits per heavy atom. The van der Waals surface area contributed by atoms with Gasteiger partial charge in [-0.15, -0.1) is 11.6 Å². The zero-order valence-electron chi connectivity index (χ0n) is 16.6. The van der Waals surface area contributed by atoms with Crippen molar-refractivity contribution in [2.24, 2.45) is 11.8 Å². The highest BCUT2D eigenvalue weighted by molar-refractivity contribution is 7.89. The first-order chi connectivity index (χ1) is 13.1. The predicted octanol–water partition coefficient (Wildman–Crippen LogP) is -0.496. The van der Waals surface area contributed by atoms with E-state index in [4.69, 9.17) is 16.7 Å². The Labute approximate surface area is 171 Å². The molecule has 5 unspecified atom stereocenters. The number of amides is 2. The molecule has 11 heteroatoms. The van der Waals surface area contributed by atoms with Gasteiger partial charge >= 0.3 is 0 Å². The maximum Gasteiger partial charge on any atom is 0.241 e. The van der Waals surface area contributed by atoms with E-state index >= 15 is 0 Å². The van der Waals surface area contributed by atoms with E-state index in [9.17, 15) is 18.0 Å². The summed E-state index contributed by atoms with van der Waals surface area (Å²) in [6.45, 7) is 1.92. The first-order valence-electron chi connectivity index (χ1n) is 9.58. The monoisotopic (exact) mass is 438 g/mol. The Hall–Kier alpha value is -0.940. The molecule has 0 aromatic carbocycles. The molecule has 28 heavy (non-hydrogen) atoms. The van der Waals surface area contributed by atoms with Gasteiger partial charge in [0.05, 0.1) is 16.5 Å². The number of aliphatic hydroxyl groups is 1. The number of sulfonamides is 1. The first-order valence-corrected chi connectivity index (χ1v) is 11.5. The van der Waals surface area contributed by atoms with Gasteiger partial charge in [-0.05, 0) is 31.6 Å². The molecule has 9 nitrogen and oxygen atoms in total. The van der Waals surface area contributed by atoms with E-state index in [0.717, 1.165) is 0 Å². The normalized spacial score (nSPS) is 31.9. The molecule has 0 aromatic rings. The molecular formula is C17H31ClN4O5S. The van der Waals surface area contributed by atoms with Crippen molar-refractivity contribution in [3.8, 4) is 0 Å². The van der Waals surface area contributed by atoms with Crippen LogP contribution in [0.4, 0.5) is 0 Å². The van der Waals surface area contributed by atoms with Gasteiger partial charge in [0.1, 0.15) is 6.54 Å². The van der Waals surface area contributed by atoms with E-state index in [1.54, 1.807) is 0 Å². The highest BCUT2D eigenvalue weighted by Gasteiger charge is 2.39. The maximum absolute atomic E-state index is 12.5. The van der Waals surface area contributed by atoms with Crippen molar-refractivity contribution in [3.05, 3.63) is 0 Å². The molecule has 1 heterocycles. The van der Waals surface area contributed by atoms with Gasteiger partial charge in [0.15, 0.2) is 0 Å².